The number of rotatable bonds is 0. The molecule has 0 saturated carbocycles. The molecule has 4 rings (SSSR count). The summed E-state index contributed by atoms with van der Waals surface area (Å²) < 4.78 is 0. The molecule has 18 heavy (non-hydrogen) atoms. The summed E-state index contributed by atoms with van der Waals surface area (Å²) >= 11 is 0. The Kier molecular flexibility index (Phi) is 2.08. The zero-order chi connectivity index (χ0) is 11.9. The maximum absolute atomic E-state index is 2.39. The van der Waals surface area contributed by atoms with Crippen molar-refractivity contribution < 1.29 is 0 Å². The van der Waals surface area contributed by atoms with Gasteiger partial charge in [-0.05, 0) is 32.6 Å². The summed E-state index contributed by atoms with van der Waals surface area (Å²) in [6.45, 7) is 0. The van der Waals surface area contributed by atoms with E-state index in [-0.39, 0.29) is 0 Å². The Morgan fingerprint density at radius 1 is 0.667 bits per heavy atom. The largest absolute Gasteiger partial charge is 0.0681 e. The number of fused-ring (bicyclic) bond motifs is 5. The van der Waals surface area contributed by atoms with Crippen LogP contribution in [0.15, 0.2) is 60.7 Å². The molecule has 0 N–H and O–H groups in total. The fourth-order valence-corrected chi connectivity index (χ4v) is 3.86. The summed E-state index contributed by atoms with van der Waals surface area (Å²) in [5.74, 6) is 0. The van der Waals surface area contributed by atoms with Crippen LogP contribution in [0.3, 0.4) is 0 Å². The van der Waals surface area contributed by atoms with E-state index in [0.29, 0.717) is 0 Å². The van der Waals surface area contributed by atoms with Crippen molar-refractivity contribution in [3.05, 3.63) is 66.2 Å². The van der Waals surface area contributed by atoms with Crippen LogP contribution in [-0.4, -0.2) is 14.8 Å². The van der Waals surface area contributed by atoms with Crippen molar-refractivity contribution in [3.8, 4) is 11.1 Å². The maximum Gasteiger partial charge on any atom is 0.0612 e. The average molecular weight is 243 g/mol. The van der Waals surface area contributed by atoms with Gasteiger partial charge in [-0.1, -0.05) is 66.3 Å². The number of benzene rings is 3. The van der Waals surface area contributed by atoms with Gasteiger partial charge in [0.15, 0.2) is 0 Å². The minimum Gasteiger partial charge on any atom is -0.0681 e. The molecule has 0 unspecified atom stereocenters. The summed E-state index contributed by atoms with van der Waals surface area (Å²) in [6, 6.07) is 21.9. The van der Waals surface area contributed by atoms with E-state index in [9.17, 15) is 0 Å². The molecule has 0 atom stereocenters. The lowest BCUT2D eigenvalue weighted by Gasteiger charge is -2.16. The molecule has 0 aromatic heterocycles. The molecule has 3 aromatic rings. The SMILES string of the molecule is C1=[Si]c2ccccc2-c2ccc3ccccc3c21. The Labute approximate surface area is 108 Å². The van der Waals surface area contributed by atoms with Gasteiger partial charge in [-0.3, -0.25) is 0 Å². The van der Waals surface area contributed by atoms with Crippen molar-refractivity contribution in [2.45, 2.75) is 0 Å². The second kappa shape index (κ2) is 3.75. The highest BCUT2D eigenvalue weighted by Gasteiger charge is 2.13. The van der Waals surface area contributed by atoms with Gasteiger partial charge in [0.1, 0.15) is 0 Å². The Morgan fingerprint density at radius 2 is 1.50 bits per heavy atom. The van der Waals surface area contributed by atoms with Crippen molar-refractivity contribution >= 4 is 30.8 Å². The Morgan fingerprint density at radius 3 is 2.50 bits per heavy atom. The minimum atomic E-state index is 0.778. The minimum absolute atomic E-state index is 0.778. The van der Waals surface area contributed by atoms with Crippen LogP contribution >= 0.6 is 0 Å². The Bertz CT molecular complexity index is 784. The van der Waals surface area contributed by atoms with Crippen LogP contribution in [0, 0.1) is 0 Å². The second-order valence-corrected chi connectivity index (χ2v) is 5.70. The van der Waals surface area contributed by atoms with Crippen LogP contribution in [0.4, 0.5) is 0 Å². The summed E-state index contributed by atoms with van der Waals surface area (Å²) in [7, 11) is 0.778. The van der Waals surface area contributed by atoms with Gasteiger partial charge in [0, 0.05) is 0 Å². The summed E-state index contributed by atoms with van der Waals surface area (Å²) in [6.07, 6.45) is 0. The standard InChI is InChI=1S/C17H11Si/c1-2-6-13-12(5-1)9-10-14-15-7-3-4-8-17(15)18-11-16(13)14/h1-11H. The highest BCUT2D eigenvalue weighted by Crippen LogP contribution is 2.29. The van der Waals surface area contributed by atoms with Crippen LogP contribution in [0.25, 0.3) is 21.9 Å². The van der Waals surface area contributed by atoms with E-state index in [2.05, 4.69) is 66.3 Å². The second-order valence-electron chi connectivity index (χ2n) is 4.58. The van der Waals surface area contributed by atoms with Gasteiger partial charge in [-0.25, -0.2) is 0 Å². The normalized spacial score (nSPS) is 12.2. The maximum atomic E-state index is 2.39. The lowest BCUT2D eigenvalue weighted by molar-refractivity contribution is 1.66. The van der Waals surface area contributed by atoms with Crippen molar-refractivity contribution in [2.24, 2.45) is 0 Å². The van der Waals surface area contributed by atoms with Crippen molar-refractivity contribution in [1.82, 2.24) is 0 Å². The molecule has 0 saturated heterocycles. The number of hydrogen-bond acceptors (Lipinski definition) is 0. The molecule has 83 valence electrons. The van der Waals surface area contributed by atoms with E-state index < -0.39 is 0 Å². The highest BCUT2D eigenvalue weighted by molar-refractivity contribution is 6.67. The molecule has 0 nitrogen and oxygen atoms in total. The van der Waals surface area contributed by atoms with Crippen LogP contribution in [0.5, 0.6) is 0 Å². The van der Waals surface area contributed by atoms with Gasteiger partial charge >= 0.3 is 0 Å². The van der Waals surface area contributed by atoms with Crippen LogP contribution in [0.1, 0.15) is 5.56 Å². The third-order valence-electron chi connectivity index (χ3n) is 3.56. The third kappa shape index (κ3) is 1.34. The molecular weight excluding hydrogens is 232 g/mol. The zero-order valence-corrected chi connectivity index (χ0v) is 10.9. The molecule has 0 bridgehead atoms. The van der Waals surface area contributed by atoms with Gasteiger partial charge < -0.3 is 0 Å². The van der Waals surface area contributed by atoms with E-state index in [1.54, 1.807) is 0 Å². The molecular formula is C17H11Si. The van der Waals surface area contributed by atoms with E-state index >= 15 is 0 Å². The first-order chi connectivity index (χ1) is 8.93. The van der Waals surface area contributed by atoms with E-state index in [1.807, 2.05) is 0 Å². The molecule has 0 fully saturated rings. The van der Waals surface area contributed by atoms with Gasteiger partial charge in [-0.15, -0.1) is 0 Å². The highest BCUT2D eigenvalue weighted by atomic mass is 28.2. The zero-order valence-electron chi connectivity index (χ0n) is 9.85. The molecule has 1 heteroatoms. The van der Waals surface area contributed by atoms with Crippen molar-refractivity contribution in [1.29, 1.82) is 0 Å². The van der Waals surface area contributed by atoms with Gasteiger partial charge in [0.05, 0.1) is 9.13 Å². The van der Waals surface area contributed by atoms with Crippen LogP contribution in [-0.2, 0) is 0 Å². The quantitative estimate of drug-likeness (QED) is 0.416. The fraction of sp³-hybridized carbons (Fsp3) is 0. The third-order valence-corrected chi connectivity index (χ3v) is 4.74. The predicted octanol–water partition coefficient (Wildman–Crippen LogP) is 3.00. The van der Waals surface area contributed by atoms with Crippen molar-refractivity contribution in [3.63, 3.8) is 0 Å². The first kappa shape index (κ1) is 9.98. The van der Waals surface area contributed by atoms with Gasteiger partial charge in [0.25, 0.3) is 0 Å². The van der Waals surface area contributed by atoms with E-state index in [0.717, 1.165) is 9.13 Å². The molecule has 1 aliphatic rings. The predicted molar refractivity (Wildman–Crippen MR) is 79.9 cm³/mol. The first-order valence-electron chi connectivity index (χ1n) is 6.14. The topological polar surface area (TPSA) is 0 Å². The molecule has 0 aliphatic carbocycles. The molecule has 0 amide bonds. The smallest absolute Gasteiger partial charge is 0.0612 e. The molecule has 1 radical (unpaired) electrons. The van der Waals surface area contributed by atoms with E-state index in [4.69, 9.17) is 0 Å². The molecule has 3 aromatic carbocycles. The summed E-state index contributed by atoms with van der Waals surface area (Å²) in [4.78, 5) is 0. The van der Waals surface area contributed by atoms with E-state index in [1.165, 1.54) is 32.6 Å². The lowest BCUT2D eigenvalue weighted by atomic mass is 9.95. The monoisotopic (exact) mass is 243 g/mol. The fourth-order valence-electron chi connectivity index (χ4n) is 2.68. The van der Waals surface area contributed by atoms with Gasteiger partial charge in [0.2, 0.25) is 0 Å². The van der Waals surface area contributed by atoms with Crippen LogP contribution < -0.4 is 5.19 Å². The Balaban J connectivity index is 2.13. The van der Waals surface area contributed by atoms with Gasteiger partial charge in [-0.2, -0.15) is 0 Å². The van der Waals surface area contributed by atoms with Crippen molar-refractivity contribution in [2.75, 3.05) is 0 Å². The summed E-state index contributed by atoms with van der Waals surface area (Å²) in [5, 5.41) is 4.16. The number of hydrogen-bond donors (Lipinski definition) is 0. The average Bonchev–Trinajstić information content (AvgIpc) is 2.46. The Hall–Kier alpha value is -1.99. The molecule has 1 heterocycles. The summed E-state index contributed by atoms with van der Waals surface area (Å²) in [5.41, 5.74) is 6.58. The molecule has 1 aliphatic heterocycles. The lowest BCUT2D eigenvalue weighted by Crippen LogP contribution is -2.18. The van der Waals surface area contributed by atoms with Crippen LogP contribution in [0.2, 0.25) is 0 Å². The first-order valence-corrected chi connectivity index (χ1v) is 7.22. The molecule has 0 spiro atoms.